The molecule has 0 spiro atoms. The normalized spacial score (nSPS) is 18.4. The van der Waals surface area contributed by atoms with E-state index in [1.807, 2.05) is 54.6 Å². The van der Waals surface area contributed by atoms with Gasteiger partial charge in [-0.2, -0.15) is 0 Å². The fraction of sp³-hybridized carbons (Fsp3) is 0.0870. The van der Waals surface area contributed by atoms with Crippen molar-refractivity contribution in [1.82, 2.24) is 4.98 Å². The average molecular weight is 418 g/mol. The molecule has 7 heteroatoms. The van der Waals surface area contributed by atoms with E-state index in [2.05, 4.69) is 4.98 Å². The number of β-lactam (4-membered cyclic amide) rings is 1. The van der Waals surface area contributed by atoms with Crippen LogP contribution in [0.15, 0.2) is 78.9 Å². The quantitative estimate of drug-likeness (QED) is 0.208. The molecule has 0 aliphatic carbocycles. The molecule has 3 aromatic carbocycles. The molecule has 0 saturated carbocycles. The zero-order valence-electron chi connectivity index (χ0n) is 15.7. The second-order valence-electron chi connectivity index (χ2n) is 7.16. The number of halogens is 1. The number of anilines is 1. The summed E-state index contributed by atoms with van der Waals surface area (Å²) >= 11 is 6.43. The number of nitrogens with one attached hydrogen (secondary N) is 1. The van der Waals surface area contributed by atoms with E-state index in [0.29, 0.717) is 0 Å². The molecule has 1 aromatic heterocycles. The first-order valence-corrected chi connectivity index (χ1v) is 9.87. The lowest BCUT2D eigenvalue weighted by Crippen LogP contribution is -2.56. The van der Waals surface area contributed by atoms with Crippen molar-refractivity contribution in [1.29, 1.82) is 0 Å². The summed E-state index contributed by atoms with van der Waals surface area (Å²) in [4.78, 5) is 28.6. The summed E-state index contributed by atoms with van der Waals surface area (Å²) in [5, 5.41) is 11.2. The van der Waals surface area contributed by atoms with Crippen LogP contribution in [0.2, 0.25) is 0 Å². The van der Waals surface area contributed by atoms with Crippen LogP contribution in [0.3, 0.4) is 0 Å². The highest BCUT2D eigenvalue weighted by atomic mass is 35.5. The summed E-state index contributed by atoms with van der Waals surface area (Å²) in [7, 11) is 0. The van der Waals surface area contributed by atoms with Crippen molar-refractivity contribution in [2.24, 2.45) is 0 Å². The summed E-state index contributed by atoms with van der Waals surface area (Å²) in [6, 6.07) is 23.4. The van der Waals surface area contributed by atoms with Crippen molar-refractivity contribution >= 4 is 39.8 Å². The Morgan fingerprint density at radius 2 is 1.60 bits per heavy atom. The molecule has 5 rings (SSSR count). The number of nitro benzene ring substituents is 1. The van der Waals surface area contributed by atoms with Gasteiger partial charge in [0.1, 0.15) is 5.38 Å². The fourth-order valence-electron chi connectivity index (χ4n) is 4.01. The van der Waals surface area contributed by atoms with Gasteiger partial charge < -0.3 is 4.98 Å². The Morgan fingerprint density at radius 3 is 2.30 bits per heavy atom. The van der Waals surface area contributed by atoms with Gasteiger partial charge in [-0.1, -0.05) is 60.7 Å². The highest BCUT2D eigenvalue weighted by molar-refractivity contribution is 6.38. The lowest BCUT2D eigenvalue weighted by molar-refractivity contribution is -0.384. The van der Waals surface area contributed by atoms with Crippen molar-refractivity contribution in [2.45, 2.75) is 11.4 Å². The molecular weight excluding hydrogens is 402 g/mol. The number of hydrogen-bond acceptors (Lipinski definition) is 3. The molecule has 0 radical (unpaired) electrons. The monoisotopic (exact) mass is 417 g/mol. The first-order chi connectivity index (χ1) is 14.6. The lowest BCUT2D eigenvalue weighted by atomic mass is 9.91. The number of fused-ring (bicyclic) bond motifs is 1. The van der Waals surface area contributed by atoms with Crippen LogP contribution in [0.25, 0.3) is 22.2 Å². The number of nitro groups is 1. The van der Waals surface area contributed by atoms with E-state index in [4.69, 9.17) is 11.6 Å². The molecule has 1 fully saturated rings. The van der Waals surface area contributed by atoms with Crippen LogP contribution in [0.4, 0.5) is 11.4 Å². The van der Waals surface area contributed by atoms with E-state index in [1.54, 1.807) is 17.0 Å². The molecule has 1 amide bonds. The Morgan fingerprint density at radius 1 is 0.933 bits per heavy atom. The summed E-state index contributed by atoms with van der Waals surface area (Å²) in [5.41, 5.74) is 4.22. The van der Waals surface area contributed by atoms with E-state index in [0.717, 1.165) is 33.4 Å². The first kappa shape index (κ1) is 18.4. The van der Waals surface area contributed by atoms with Crippen LogP contribution in [0.1, 0.15) is 11.6 Å². The number of amides is 1. The van der Waals surface area contributed by atoms with Gasteiger partial charge in [-0.05, 0) is 11.6 Å². The minimum absolute atomic E-state index is 0.000795. The van der Waals surface area contributed by atoms with E-state index < -0.39 is 16.3 Å². The van der Waals surface area contributed by atoms with E-state index in [9.17, 15) is 14.9 Å². The molecule has 30 heavy (non-hydrogen) atoms. The van der Waals surface area contributed by atoms with Gasteiger partial charge in [0, 0.05) is 28.6 Å². The standard InChI is InChI=1S/C23H16ClN3O3/c24-19-21(15-10-12-16(13-11-15)27(29)30)26(23(19)28)22-17-8-4-5-9-18(17)25-20(22)14-6-2-1-3-7-14/h1-13,19,21,25H. The van der Waals surface area contributed by atoms with Gasteiger partial charge in [-0.3, -0.25) is 19.8 Å². The number of benzene rings is 3. The van der Waals surface area contributed by atoms with Crippen molar-refractivity contribution in [3.05, 3.63) is 94.5 Å². The summed E-state index contributed by atoms with van der Waals surface area (Å²) in [6.45, 7) is 0. The predicted octanol–water partition coefficient (Wildman–Crippen LogP) is 5.44. The van der Waals surface area contributed by atoms with Crippen LogP contribution < -0.4 is 4.90 Å². The Hall–Kier alpha value is -3.64. The van der Waals surface area contributed by atoms with Crippen molar-refractivity contribution < 1.29 is 9.72 Å². The third-order valence-corrected chi connectivity index (χ3v) is 5.88. The van der Waals surface area contributed by atoms with Crippen molar-refractivity contribution in [2.75, 3.05) is 4.90 Å². The number of aromatic amines is 1. The topological polar surface area (TPSA) is 79.2 Å². The SMILES string of the molecule is O=C1C(Cl)C(c2ccc([N+](=O)[O-])cc2)N1c1c(-c2ccccc2)[nH]c2ccccc12. The van der Waals surface area contributed by atoms with Crippen LogP contribution in [0.5, 0.6) is 0 Å². The fourth-order valence-corrected chi connectivity index (χ4v) is 4.37. The molecule has 1 aliphatic rings. The molecule has 2 atom stereocenters. The number of aromatic nitrogens is 1. The first-order valence-electron chi connectivity index (χ1n) is 9.44. The van der Waals surface area contributed by atoms with Gasteiger partial charge >= 0.3 is 0 Å². The Bertz CT molecular complexity index is 1270. The van der Waals surface area contributed by atoms with Gasteiger partial charge in [0.25, 0.3) is 5.69 Å². The summed E-state index contributed by atoms with van der Waals surface area (Å²) in [5.74, 6) is -0.193. The van der Waals surface area contributed by atoms with Gasteiger partial charge in [0.15, 0.2) is 0 Å². The molecule has 2 heterocycles. The summed E-state index contributed by atoms with van der Waals surface area (Å²) < 4.78 is 0. The zero-order chi connectivity index (χ0) is 20.8. The maximum atomic E-state index is 12.9. The predicted molar refractivity (Wildman–Crippen MR) is 117 cm³/mol. The zero-order valence-corrected chi connectivity index (χ0v) is 16.4. The maximum Gasteiger partial charge on any atom is 0.269 e. The molecule has 1 N–H and O–H groups in total. The minimum atomic E-state index is -0.733. The number of rotatable bonds is 4. The highest BCUT2D eigenvalue weighted by Gasteiger charge is 2.49. The number of carbonyl (C=O) groups excluding carboxylic acids is 1. The Balaban J connectivity index is 1.67. The third-order valence-electron chi connectivity index (χ3n) is 5.46. The maximum absolute atomic E-state index is 12.9. The highest BCUT2D eigenvalue weighted by Crippen LogP contribution is 2.48. The molecule has 1 saturated heterocycles. The van der Waals surface area contributed by atoms with E-state index >= 15 is 0 Å². The van der Waals surface area contributed by atoms with Gasteiger partial charge in [0.2, 0.25) is 5.91 Å². The number of alkyl halides is 1. The smallest absolute Gasteiger partial charge is 0.269 e. The van der Waals surface area contributed by atoms with Crippen LogP contribution in [-0.2, 0) is 4.79 Å². The minimum Gasteiger partial charge on any atom is -0.353 e. The number of para-hydroxylation sites is 1. The second-order valence-corrected chi connectivity index (χ2v) is 7.63. The summed E-state index contributed by atoms with van der Waals surface area (Å²) in [6.07, 6.45) is 0. The molecule has 2 unspecified atom stereocenters. The largest absolute Gasteiger partial charge is 0.353 e. The number of nitrogens with zero attached hydrogens (tertiary/aromatic N) is 2. The van der Waals surface area contributed by atoms with Crippen molar-refractivity contribution in [3.63, 3.8) is 0 Å². The second kappa shape index (κ2) is 7.00. The van der Waals surface area contributed by atoms with Crippen LogP contribution >= 0.6 is 11.6 Å². The van der Waals surface area contributed by atoms with Crippen molar-refractivity contribution in [3.8, 4) is 11.3 Å². The number of hydrogen-bond donors (Lipinski definition) is 1. The van der Waals surface area contributed by atoms with Gasteiger partial charge in [-0.15, -0.1) is 11.6 Å². The van der Waals surface area contributed by atoms with Crippen LogP contribution in [-0.4, -0.2) is 21.2 Å². The molecule has 4 aromatic rings. The third kappa shape index (κ3) is 2.76. The molecule has 1 aliphatic heterocycles. The lowest BCUT2D eigenvalue weighted by Gasteiger charge is -2.44. The molecule has 6 nitrogen and oxygen atoms in total. The van der Waals surface area contributed by atoms with E-state index in [-0.39, 0.29) is 11.6 Å². The average Bonchev–Trinajstić information content (AvgIpc) is 3.16. The molecule has 148 valence electrons. The number of H-pyrrole nitrogens is 1. The van der Waals surface area contributed by atoms with E-state index in [1.165, 1.54) is 12.1 Å². The Labute approximate surface area is 176 Å². The van der Waals surface area contributed by atoms with Gasteiger partial charge in [0.05, 0.1) is 22.3 Å². The Kier molecular flexibility index (Phi) is 4.29. The number of carbonyl (C=O) groups is 1. The number of non-ortho nitro benzene ring substituents is 1. The molecule has 0 bridgehead atoms. The van der Waals surface area contributed by atoms with Gasteiger partial charge in [-0.25, -0.2) is 0 Å². The molecular formula is C23H16ClN3O3. The van der Waals surface area contributed by atoms with Crippen LogP contribution in [0, 0.1) is 10.1 Å².